The molecule has 0 atom stereocenters. The molecule has 0 bridgehead atoms. The van der Waals surface area contributed by atoms with E-state index in [0.29, 0.717) is 18.7 Å². The number of aryl methyl sites for hydroxylation is 1. The van der Waals surface area contributed by atoms with Crippen LogP contribution in [0.5, 0.6) is 5.75 Å². The zero-order valence-electron chi connectivity index (χ0n) is 16.3. The Labute approximate surface area is 176 Å². The Bertz CT molecular complexity index is 1440. The van der Waals surface area contributed by atoms with Crippen molar-refractivity contribution in [2.45, 2.75) is 20.0 Å². The first kappa shape index (κ1) is 17.4. The lowest BCUT2D eigenvalue weighted by Crippen LogP contribution is -2.16. The second kappa shape index (κ2) is 6.53. The minimum absolute atomic E-state index is 0.555. The standard InChI is InChI=1S/C23H18N4O2S/c1-14-13-30-21(24-14)11-27-18-5-3-2-4-16(18)10-19(27)23-25-17-8-15(12-28)9-20-22(17)26(23)6-7-29-20/h2-5,8-10,12-13H,6-7,11H2,1H3. The zero-order valence-corrected chi connectivity index (χ0v) is 17.1. The van der Waals surface area contributed by atoms with Crippen LogP contribution in [0.2, 0.25) is 0 Å². The fraction of sp³-hybridized carbons (Fsp3) is 0.174. The van der Waals surface area contributed by atoms with E-state index in [0.717, 1.165) is 57.4 Å². The summed E-state index contributed by atoms with van der Waals surface area (Å²) < 4.78 is 10.3. The van der Waals surface area contributed by atoms with Gasteiger partial charge >= 0.3 is 0 Å². The van der Waals surface area contributed by atoms with Crippen molar-refractivity contribution in [1.82, 2.24) is 19.1 Å². The fourth-order valence-electron chi connectivity index (χ4n) is 4.27. The van der Waals surface area contributed by atoms with Gasteiger partial charge in [0.05, 0.1) is 24.3 Å². The quantitative estimate of drug-likeness (QED) is 0.401. The second-order valence-electron chi connectivity index (χ2n) is 7.50. The summed E-state index contributed by atoms with van der Waals surface area (Å²) in [7, 11) is 0. The van der Waals surface area contributed by atoms with Gasteiger partial charge in [-0.05, 0) is 31.2 Å². The van der Waals surface area contributed by atoms with Crippen LogP contribution in [-0.2, 0) is 13.1 Å². The molecule has 5 aromatic rings. The van der Waals surface area contributed by atoms with Crippen LogP contribution >= 0.6 is 11.3 Å². The van der Waals surface area contributed by atoms with Crippen LogP contribution in [0.25, 0.3) is 33.5 Å². The van der Waals surface area contributed by atoms with E-state index < -0.39 is 0 Å². The molecule has 0 amide bonds. The Morgan fingerprint density at radius 3 is 2.93 bits per heavy atom. The highest BCUT2D eigenvalue weighted by Crippen LogP contribution is 2.36. The van der Waals surface area contributed by atoms with Gasteiger partial charge in [0.2, 0.25) is 0 Å². The first-order valence-corrected chi connectivity index (χ1v) is 10.7. The molecule has 0 spiro atoms. The third kappa shape index (κ3) is 2.59. The predicted octanol–water partition coefficient (Wildman–Crippen LogP) is 4.68. The van der Waals surface area contributed by atoms with Crippen LogP contribution in [0.1, 0.15) is 21.1 Å². The number of thiazole rings is 1. The van der Waals surface area contributed by atoms with E-state index in [1.165, 1.54) is 5.39 Å². The van der Waals surface area contributed by atoms with Gasteiger partial charge in [-0.1, -0.05) is 18.2 Å². The van der Waals surface area contributed by atoms with Crippen molar-refractivity contribution in [2.75, 3.05) is 6.61 Å². The van der Waals surface area contributed by atoms with Crippen molar-refractivity contribution in [2.24, 2.45) is 0 Å². The lowest BCUT2D eigenvalue weighted by atomic mass is 10.2. The van der Waals surface area contributed by atoms with Crippen molar-refractivity contribution >= 4 is 39.6 Å². The summed E-state index contributed by atoms with van der Waals surface area (Å²) in [4.78, 5) is 21.0. The van der Waals surface area contributed by atoms with Crippen molar-refractivity contribution in [1.29, 1.82) is 0 Å². The zero-order chi connectivity index (χ0) is 20.2. The van der Waals surface area contributed by atoms with Crippen LogP contribution in [0.15, 0.2) is 47.8 Å². The number of benzene rings is 2. The van der Waals surface area contributed by atoms with E-state index in [4.69, 9.17) is 9.72 Å². The predicted molar refractivity (Wildman–Crippen MR) is 118 cm³/mol. The number of imidazole rings is 1. The van der Waals surface area contributed by atoms with E-state index in [1.54, 1.807) is 17.4 Å². The van der Waals surface area contributed by atoms with Gasteiger partial charge < -0.3 is 13.9 Å². The summed E-state index contributed by atoms with van der Waals surface area (Å²) in [5.74, 6) is 1.61. The van der Waals surface area contributed by atoms with E-state index in [2.05, 4.69) is 49.8 Å². The third-order valence-electron chi connectivity index (χ3n) is 5.54. The van der Waals surface area contributed by atoms with Crippen LogP contribution in [0.4, 0.5) is 0 Å². The largest absolute Gasteiger partial charge is 0.489 e. The van der Waals surface area contributed by atoms with Gasteiger partial charge in [0.25, 0.3) is 0 Å². The molecule has 0 N–H and O–H groups in total. The van der Waals surface area contributed by atoms with Crippen molar-refractivity contribution in [3.63, 3.8) is 0 Å². The molecular weight excluding hydrogens is 396 g/mol. The van der Waals surface area contributed by atoms with Crippen molar-refractivity contribution < 1.29 is 9.53 Å². The molecule has 0 unspecified atom stereocenters. The van der Waals surface area contributed by atoms with Crippen molar-refractivity contribution in [3.05, 3.63) is 64.1 Å². The number of para-hydroxylation sites is 1. The number of hydrogen-bond donors (Lipinski definition) is 0. The number of hydrogen-bond acceptors (Lipinski definition) is 5. The highest BCUT2D eigenvalue weighted by Gasteiger charge is 2.24. The summed E-state index contributed by atoms with van der Waals surface area (Å²) in [6, 6.07) is 14.2. The average Bonchev–Trinajstić information content (AvgIpc) is 3.45. The van der Waals surface area contributed by atoms with Gasteiger partial charge in [-0.15, -0.1) is 11.3 Å². The van der Waals surface area contributed by atoms with Crippen molar-refractivity contribution in [3.8, 4) is 17.3 Å². The first-order chi connectivity index (χ1) is 14.7. The molecular formula is C23H18N4O2S. The third-order valence-corrected chi connectivity index (χ3v) is 6.49. The lowest BCUT2D eigenvalue weighted by molar-refractivity contribution is 0.112. The van der Waals surface area contributed by atoms with Gasteiger partial charge in [0.15, 0.2) is 5.82 Å². The maximum atomic E-state index is 11.4. The minimum atomic E-state index is 0.555. The molecule has 0 radical (unpaired) electrons. The molecule has 3 aromatic heterocycles. The number of nitrogens with zero attached hydrogens (tertiary/aromatic N) is 4. The summed E-state index contributed by atoms with van der Waals surface area (Å²) in [6.45, 7) is 3.98. The Kier molecular flexibility index (Phi) is 3.79. The van der Waals surface area contributed by atoms with E-state index in [-0.39, 0.29) is 0 Å². The Morgan fingerprint density at radius 2 is 2.10 bits per heavy atom. The molecule has 6 nitrogen and oxygen atoms in total. The number of rotatable bonds is 4. The Morgan fingerprint density at radius 1 is 1.20 bits per heavy atom. The highest BCUT2D eigenvalue weighted by atomic mass is 32.1. The second-order valence-corrected chi connectivity index (χ2v) is 8.44. The summed E-state index contributed by atoms with van der Waals surface area (Å²) >= 11 is 1.68. The van der Waals surface area contributed by atoms with Crippen LogP contribution in [0.3, 0.4) is 0 Å². The minimum Gasteiger partial charge on any atom is -0.489 e. The topological polar surface area (TPSA) is 61.9 Å². The number of carbonyl (C=O) groups excluding carboxylic acids is 1. The van der Waals surface area contributed by atoms with E-state index in [1.807, 2.05) is 13.0 Å². The summed E-state index contributed by atoms with van der Waals surface area (Å²) in [5.41, 5.74) is 5.55. The van der Waals surface area contributed by atoms with Gasteiger partial charge in [-0.2, -0.15) is 0 Å². The van der Waals surface area contributed by atoms with Crippen LogP contribution < -0.4 is 4.74 Å². The molecule has 0 aliphatic carbocycles. The molecule has 1 aliphatic rings. The van der Waals surface area contributed by atoms with Gasteiger partial charge in [-0.25, -0.2) is 9.97 Å². The maximum absolute atomic E-state index is 11.4. The summed E-state index contributed by atoms with van der Waals surface area (Å²) in [5, 5.41) is 4.32. The van der Waals surface area contributed by atoms with Gasteiger partial charge in [0.1, 0.15) is 29.2 Å². The lowest BCUT2D eigenvalue weighted by Gasteiger charge is -2.18. The monoisotopic (exact) mass is 414 g/mol. The molecule has 148 valence electrons. The molecule has 0 saturated carbocycles. The first-order valence-electron chi connectivity index (χ1n) is 9.83. The number of aldehydes is 1. The molecule has 30 heavy (non-hydrogen) atoms. The normalized spacial score (nSPS) is 13.1. The Hall–Kier alpha value is -3.45. The molecule has 7 heteroatoms. The number of ether oxygens (including phenoxy) is 1. The molecule has 2 aromatic carbocycles. The van der Waals surface area contributed by atoms with Crippen LogP contribution in [-0.4, -0.2) is 32.0 Å². The molecule has 0 fully saturated rings. The number of carbonyl (C=O) groups is 1. The number of fused-ring (bicyclic) bond motifs is 1. The van der Waals surface area contributed by atoms with Crippen LogP contribution in [0, 0.1) is 6.92 Å². The average molecular weight is 414 g/mol. The fourth-order valence-corrected chi connectivity index (χ4v) is 5.03. The van der Waals surface area contributed by atoms with E-state index in [9.17, 15) is 4.79 Å². The number of aromatic nitrogens is 4. The van der Waals surface area contributed by atoms with Gasteiger partial charge in [-0.3, -0.25) is 4.79 Å². The smallest absolute Gasteiger partial charge is 0.158 e. The van der Waals surface area contributed by atoms with Gasteiger partial charge in [0, 0.05) is 27.5 Å². The molecule has 0 saturated heterocycles. The SMILES string of the molecule is Cc1csc(Cn2c(-c3nc4cc(C=O)cc5c4n3CCO5)cc3ccccc32)n1. The molecule has 6 rings (SSSR count). The van der Waals surface area contributed by atoms with E-state index >= 15 is 0 Å². The highest BCUT2D eigenvalue weighted by molar-refractivity contribution is 7.09. The molecule has 4 heterocycles. The summed E-state index contributed by atoms with van der Waals surface area (Å²) in [6.07, 6.45) is 0.842. The maximum Gasteiger partial charge on any atom is 0.158 e. The Balaban J connectivity index is 1.62. The molecule has 1 aliphatic heterocycles.